The highest BCUT2D eigenvalue weighted by molar-refractivity contribution is 14.1. The quantitative estimate of drug-likeness (QED) is 0.686. The van der Waals surface area contributed by atoms with Crippen LogP contribution >= 0.6 is 22.6 Å². The Morgan fingerprint density at radius 3 is 2.88 bits per heavy atom. The molecule has 24 heavy (non-hydrogen) atoms. The van der Waals surface area contributed by atoms with Crippen molar-refractivity contribution >= 4 is 39.6 Å². The zero-order chi connectivity index (χ0) is 17.1. The van der Waals surface area contributed by atoms with Crippen molar-refractivity contribution in [3.8, 4) is 5.75 Å². The molecule has 0 aliphatic carbocycles. The van der Waals surface area contributed by atoms with E-state index >= 15 is 0 Å². The number of hydrogen-bond donors (Lipinski definition) is 0. The van der Waals surface area contributed by atoms with E-state index in [-0.39, 0.29) is 0 Å². The van der Waals surface area contributed by atoms with Crippen LogP contribution in [0.15, 0.2) is 24.4 Å². The number of ether oxygens (including phenoxy) is 2. The molecule has 1 aromatic heterocycles. The lowest BCUT2D eigenvalue weighted by Crippen LogP contribution is -2.35. The molecule has 0 spiro atoms. The second kappa shape index (κ2) is 7.62. The summed E-state index contributed by atoms with van der Waals surface area (Å²) in [6, 6.07) is 6.02. The first-order valence-corrected chi connectivity index (χ1v) is 8.89. The van der Waals surface area contributed by atoms with Gasteiger partial charge in [0.05, 0.1) is 16.8 Å². The number of carbonyl (C=O) groups excluding carboxylic acids is 1. The van der Waals surface area contributed by atoms with E-state index in [1.807, 2.05) is 12.1 Å². The predicted molar refractivity (Wildman–Crippen MR) is 100 cm³/mol. The van der Waals surface area contributed by atoms with Crippen molar-refractivity contribution in [2.75, 3.05) is 40.4 Å². The Hall–Kier alpha value is -1.45. The van der Waals surface area contributed by atoms with E-state index < -0.39 is 6.09 Å². The first-order chi connectivity index (χ1) is 11.6. The van der Waals surface area contributed by atoms with Crippen molar-refractivity contribution < 1.29 is 14.3 Å². The number of hydrogen-bond acceptors (Lipinski definition) is 5. The molecular formula is C17H20IN3O3. The van der Waals surface area contributed by atoms with Crippen molar-refractivity contribution in [2.24, 2.45) is 0 Å². The van der Waals surface area contributed by atoms with Crippen LogP contribution in [0.1, 0.15) is 5.56 Å². The van der Waals surface area contributed by atoms with Crippen molar-refractivity contribution in [3.63, 3.8) is 0 Å². The Bertz CT molecular complexity index is 745. The van der Waals surface area contributed by atoms with Gasteiger partial charge in [-0.15, -0.1) is 0 Å². The Balaban J connectivity index is 1.98. The third-order valence-electron chi connectivity index (χ3n) is 3.94. The molecule has 0 unspecified atom stereocenters. The van der Waals surface area contributed by atoms with Gasteiger partial charge >= 0.3 is 6.09 Å². The van der Waals surface area contributed by atoms with Crippen LogP contribution in [0, 0.1) is 3.57 Å². The zero-order valence-electron chi connectivity index (χ0n) is 13.8. The molecule has 0 bridgehead atoms. The topological polar surface area (TPSA) is 54.9 Å². The number of carbonyl (C=O) groups is 1. The Labute approximate surface area is 154 Å². The van der Waals surface area contributed by atoms with E-state index in [9.17, 15) is 4.79 Å². The molecule has 7 heteroatoms. The molecule has 1 saturated heterocycles. The summed E-state index contributed by atoms with van der Waals surface area (Å²) in [5, 5.41) is 1.02. The van der Waals surface area contributed by atoms with Gasteiger partial charge in [0.15, 0.2) is 5.75 Å². The van der Waals surface area contributed by atoms with Crippen molar-refractivity contribution in [1.82, 2.24) is 14.8 Å². The van der Waals surface area contributed by atoms with Gasteiger partial charge < -0.3 is 14.4 Å². The third-order valence-corrected chi connectivity index (χ3v) is 4.74. The van der Waals surface area contributed by atoms with E-state index in [4.69, 9.17) is 9.47 Å². The standard InChI is InChI=1S/C17H20IN3O3/c1-20(2)17(22)24-16-14(18)10-12(11-21-6-8-23-9-7-21)13-4-3-5-19-15(13)16/h3-5,10H,6-9,11H2,1-2H3. The molecular weight excluding hydrogens is 421 g/mol. The average molecular weight is 441 g/mol. The number of halogens is 1. The second-order valence-corrected chi connectivity index (χ2v) is 7.06. The van der Waals surface area contributed by atoms with Crippen molar-refractivity contribution in [2.45, 2.75) is 6.54 Å². The van der Waals surface area contributed by atoms with Gasteiger partial charge in [-0.05, 0) is 40.3 Å². The highest BCUT2D eigenvalue weighted by Gasteiger charge is 2.19. The highest BCUT2D eigenvalue weighted by atomic mass is 127. The maximum atomic E-state index is 12.0. The average Bonchev–Trinajstić information content (AvgIpc) is 2.59. The molecule has 0 radical (unpaired) electrons. The van der Waals surface area contributed by atoms with Gasteiger partial charge in [0.2, 0.25) is 0 Å². The van der Waals surface area contributed by atoms with Gasteiger partial charge in [-0.1, -0.05) is 6.07 Å². The summed E-state index contributed by atoms with van der Waals surface area (Å²) in [6.07, 6.45) is 1.32. The first kappa shape index (κ1) is 17.4. The molecule has 0 saturated carbocycles. The summed E-state index contributed by atoms with van der Waals surface area (Å²) in [5.41, 5.74) is 1.91. The first-order valence-electron chi connectivity index (χ1n) is 7.81. The summed E-state index contributed by atoms with van der Waals surface area (Å²) in [6.45, 7) is 4.23. The zero-order valence-corrected chi connectivity index (χ0v) is 15.9. The molecule has 2 heterocycles. The van der Waals surface area contributed by atoms with Gasteiger partial charge in [-0.3, -0.25) is 9.88 Å². The SMILES string of the molecule is CN(C)C(=O)Oc1c(I)cc(CN2CCOCC2)c2cccnc12. The smallest absolute Gasteiger partial charge is 0.407 e. The highest BCUT2D eigenvalue weighted by Crippen LogP contribution is 2.33. The minimum absolute atomic E-state index is 0.402. The fourth-order valence-electron chi connectivity index (χ4n) is 2.66. The largest absolute Gasteiger partial charge is 0.414 e. The number of aromatic nitrogens is 1. The van der Waals surface area contributed by atoms with E-state index in [0.717, 1.165) is 47.3 Å². The van der Waals surface area contributed by atoms with Crippen LogP contribution in [0.4, 0.5) is 4.79 Å². The van der Waals surface area contributed by atoms with Crippen LogP contribution in [0.5, 0.6) is 5.75 Å². The number of benzene rings is 1. The molecule has 0 atom stereocenters. The molecule has 0 N–H and O–H groups in total. The van der Waals surface area contributed by atoms with Crippen molar-refractivity contribution in [3.05, 3.63) is 33.5 Å². The number of nitrogens with zero attached hydrogens (tertiary/aromatic N) is 3. The monoisotopic (exact) mass is 441 g/mol. The molecule has 1 aliphatic rings. The molecule has 3 rings (SSSR count). The van der Waals surface area contributed by atoms with Crippen molar-refractivity contribution in [1.29, 1.82) is 0 Å². The fourth-order valence-corrected chi connectivity index (χ4v) is 3.40. The van der Waals surface area contributed by atoms with Gasteiger partial charge in [-0.2, -0.15) is 0 Å². The Morgan fingerprint density at radius 2 is 2.17 bits per heavy atom. The summed E-state index contributed by atoms with van der Waals surface area (Å²) in [4.78, 5) is 20.2. The summed E-state index contributed by atoms with van der Waals surface area (Å²) < 4.78 is 11.9. The summed E-state index contributed by atoms with van der Waals surface area (Å²) >= 11 is 2.21. The minimum atomic E-state index is -0.402. The van der Waals surface area contributed by atoms with Crippen LogP contribution < -0.4 is 4.74 Å². The van der Waals surface area contributed by atoms with Gasteiger partial charge in [-0.25, -0.2) is 4.79 Å². The molecule has 6 nitrogen and oxygen atoms in total. The van der Waals surface area contributed by atoms with Crippen LogP contribution in [-0.4, -0.2) is 61.3 Å². The fraction of sp³-hybridized carbons (Fsp3) is 0.412. The lowest BCUT2D eigenvalue weighted by Gasteiger charge is -2.27. The number of rotatable bonds is 3. The van der Waals surface area contributed by atoms with Crippen LogP contribution in [0.3, 0.4) is 0 Å². The predicted octanol–water partition coefficient (Wildman–Crippen LogP) is 2.73. The second-order valence-electron chi connectivity index (χ2n) is 5.90. The summed E-state index contributed by atoms with van der Waals surface area (Å²) in [7, 11) is 3.33. The van der Waals surface area contributed by atoms with Crippen LogP contribution in [0.2, 0.25) is 0 Å². The lowest BCUT2D eigenvalue weighted by molar-refractivity contribution is 0.0343. The molecule has 1 aromatic carbocycles. The third kappa shape index (κ3) is 3.79. The van der Waals surface area contributed by atoms with Gasteiger partial charge in [0, 0.05) is 45.3 Å². The number of pyridine rings is 1. The Kier molecular flexibility index (Phi) is 5.52. The number of amides is 1. The normalized spacial score (nSPS) is 15.5. The Morgan fingerprint density at radius 1 is 1.42 bits per heavy atom. The van der Waals surface area contributed by atoms with E-state index in [1.54, 1.807) is 20.3 Å². The van der Waals surface area contributed by atoms with Gasteiger partial charge in [0.25, 0.3) is 0 Å². The molecule has 1 amide bonds. The minimum Gasteiger partial charge on any atom is -0.407 e. The van der Waals surface area contributed by atoms with E-state index in [1.165, 1.54) is 10.5 Å². The molecule has 1 fully saturated rings. The molecule has 128 valence electrons. The molecule has 2 aromatic rings. The maximum Gasteiger partial charge on any atom is 0.414 e. The maximum absolute atomic E-state index is 12.0. The lowest BCUT2D eigenvalue weighted by atomic mass is 10.1. The summed E-state index contributed by atoms with van der Waals surface area (Å²) in [5.74, 6) is 0.524. The van der Waals surface area contributed by atoms with Crippen LogP contribution in [0.25, 0.3) is 10.9 Å². The van der Waals surface area contributed by atoms with Crippen LogP contribution in [-0.2, 0) is 11.3 Å². The molecule has 1 aliphatic heterocycles. The van der Waals surface area contributed by atoms with Gasteiger partial charge in [0.1, 0.15) is 5.52 Å². The number of morpholine rings is 1. The number of fused-ring (bicyclic) bond motifs is 1. The van der Waals surface area contributed by atoms with E-state index in [0.29, 0.717) is 5.75 Å². The van der Waals surface area contributed by atoms with E-state index in [2.05, 4.69) is 38.5 Å².